The van der Waals surface area contributed by atoms with E-state index in [4.69, 9.17) is 26.3 Å². The van der Waals surface area contributed by atoms with Gasteiger partial charge < -0.3 is 29.9 Å². The molecule has 0 saturated carbocycles. The summed E-state index contributed by atoms with van der Waals surface area (Å²) in [5.74, 6) is -0.400. The lowest BCUT2D eigenvalue weighted by atomic mass is 9.84. The molecule has 2 saturated heterocycles. The zero-order valence-electron chi connectivity index (χ0n) is 31.2. The van der Waals surface area contributed by atoms with E-state index in [0.717, 1.165) is 71.3 Å². The molecule has 2 aliphatic heterocycles. The summed E-state index contributed by atoms with van der Waals surface area (Å²) in [6.45, 7) is 2.58. The van der Waals surface area contributed by atoms with Crippen molar-refractivity contribution < 1.29 is 34.5 Å². The Balaban J connectivity index is 1.08. The standard InChI is InChI=1S/C44H52ClN3O7/c45-37-21-19-36(20-22-37)44(52)23-25-48(26-24-44)29-38-27-40(33-13-11-31(30-49)12-14-33)55-43(54-38)34-17-15-32(16-18-34)39-8-6-5-7-35(39)28-46-41(50)9-3-1-2-4-10-42(51)47-53/h5-8,11-22,38,40,43,49,52-53H,1-4,9-10,23-30H2,(H,46,50)(H,47,51)/t38-,40+,43+/m1/s1. The van der Waals surface area contributed by atoms with Crippen molar-refractivity contribution in [2.45, 2.75) is 95.0 Å². The van der Waals surface area contributed by atoms with Crippen molar-refractivity contribution in [3.63, 3.8) is 0 Å². The molecule has 2 aliphatic rings. The van der Waals surface area contributed by atoms with E-state index in [-0.39, 0.29) is 37.0 Å². The Hall–Kier alpha value is -4.13. The van der Waals surface area contributed by atoms with Crippen LogP contribution in [0.4, 0.5) is 0 Å². The van der Waals surface area contributed by atoms with E-state index < -0.39 is 11.9 Å². The molecular weight excluding hydrogens is 718 g/mol. The first-order valence-electron chi connectivity index (χ1n) is 19.3. The van der Waals surface area contributed by atoms with Crippen LogP contribution in [0.3, 0.4) is 0 Å². The van der Waals surface area contributed by atoms with Crippen molar-refractivity contribution in [3.05, 3.63) is 130 Å². The van der Waals surface area contributed by atoms with Gasteiger partial charge in [0.25, 0.3) is 0 Å². The molecule has 3 atom stereocenters. The molecule has 2 fully saturated rings. The summed E-state index contributed by atoms with van der Waals surface area (Å²) >= 11 is 6.10. The van der Waals surface area contributed by atoms with Crippen LogP contribution >= 0.6 is 11.6 Å². The third-order valence-corrected chi connectivity index (χ3v) is 11.1. The Morgan fingerprint density at radius 2 is 1.45 bits per heavy atom. The number of aliphatic hydroxyl groups is 2. The number of halogens is 1. The number of ether oxygens (including phenoxy) is 2. The first-order valence-corrected chi connectivity index (χ1v) is 19.7. The SMILES string of the molecule is O=C(CCCCCCC(=O)NCc1ccccc1-c1ccc([C@H]2O[C@@H](CN3CCC(O)(c4ccc(Cl)cc4)CC3)C[C@@H](c3ccc(CO)cc3)O2)cc1)NO. The zero-order valence-corrected chi connectivity index (χ0v) is 31.9. The number of nitrogens with one attached hydrogen (secondary N) is 2. The van der Waals surface area contributed by atoms with Gasteiger partial charge in [0.05, 0.1) is 24.4 Å². The predicted molar refractivity (Wildman–Crippen MR) is 211 cm³/mol. The van der Waals surface area contributed by atoms with Crippen molar-refractivity contribution in [1.29, 1.82) is 0 Å². The summed E-state index contributed by atoms with van der Waals surface area (Å²) in [6, 6.07) is 31.6. The Bertz CT molecular complexity index is 1830. The third kappa shape index (κ3) is 11.2. The average molecular weight is 770 g/mol. The molecule has 0 aliphatic carbocycles. The van der Waals surface area contributed by atoms with Gasteiger partial charge >= 0.3 is 0 Å². The summed E-state index contributed by atoms with van der Waals surface area (Å²) in [6.07, 6.45) is 4.79. The molecule has 4 aromatic rings. The first-order chi connectivity index (χ1) is 26.7. The van der Waals surface area contributed by atoms with Gasteiger partial charge in [-0.3, -0.25) is 14.8 Å². The number of unbranched alkanes of at least 4 members (excludes halogenated alkanes) is 3. The van der Waals surface area contributed by atoms with Crippen LogP contribution in [0.15, 0.2) is 97.1 Å². The molecule has 2 amide bonds. The van der Waals surface area contributed by atoms with Gasteiger partial charge in [-0.05, 0) is 71.2 Å². The number of benzene rings is 4. The third-order valence-electron chi connectivity index (χ3n) is 10.8. The van der Waals surface area contributed by atoms with E-state index in [1.165, 1.54) is 0 Å². The summed E-state index contributed by atoms with van der Waals surface area (Å²) in [4.78, 5) is 26.1. The minimum atomic E-state index is -0.882. The second-order valence-electron chi connectivity index (χ2n) is 14.7. The summed E-state index contributed by atoms with van der Waals surface area (Å²) in [5, 5.41) is 33.4. The maximum absolute atomic E-state index is 12.6. The van der Waals surface area contributed by atoms with Gasteiger partial charge in [-0.15, -0.1) is 0 Å². The van der Waals surface area contributed by atoms with Gasteiger partial charge in [0.15, 0.2) is 6.29 Å². The molecule has 11 heteroatoms. The minimum absolute atomic E-state index is 0.0123. The number of carbonyl (C=O) groups excluding carboxylic acids is 2. The van der Waals surface area contributed by atoms with Crippen LogP contribution in [0.5, 0.6) is 0 Å². The molecule has 0 unspecified atom stereocenters. The topological polar surface area (TPSA) is 141 Å². The Morgan fingerprint density at radius 3 is 2.13 bits per heavy atom. The maximum Gasteiger partial charge on any atom is 0.243 e. The number of rotatable bonds is 16. The Kier molecular flexibility index (Phi) is 14.5. The lowest BCUT2D eigenvalue weighted by Gasteiger charge is -2.42. The van der Waals surface area contributed by atoms with E-state index in [9.17, 15) is 19.8 Å². The van der Waals surface area contributed by atoms with Gasteiger partial charge in [-0.1, -0.05) is 109 Å². The molecule has 2 heterocycles. The number of amides is 2. The molecule has 0 spiro atoms. The van der Waals surface area contributed by atoms with Crippen LogP contribution in [0.25, 0.3) is 11.1 Å². The van der Waals surface area contributed by atoms with E-state index in [2.05, 4.69) is 28.4 Å². The quantitative estimate of drug-likeness (QED) is 0.0449. The van der Waals surface area contributed by atoms with E-state index in [1.54, 1.807) is 5.48 Å². The van der Waals surface area contributed by atoms with Crippen LogP contribution in [0.1, 0.15) is 98.0 Å². The highest BCUT2D eigenvalue weighted by atomic mass is 35.5. The van der Waals surface area contributed by atoms with Gasteiger partial charge in [-0.2, -0.15) is 0 Å². The fourth-order valence-electron chi connectivity index (χ4n) is 7.51. The second-order valence-corrected chi connectivity index (χ2v) is 15.1. The largest absolute Gasteiger partial charge is 0.392 e. The van der Waals surface area contributed by atoms with Crippen molar-refractivity contribution >= 4 is 23.4 Å². The number of carbonyl (C=O) groups is 2. The molecule has 292 valence electrons. The van der Waals surface area contributed by atoms with Gasteiger partial charge in [-0.25, -0.2) is 5.48 Å². The second kappa shape index (κ2) is 19.6. The molecule has 0 aromatic heterocycles. The fourth-order valence-corrected chi connectivity index (χ4v) is 7.64. The number of piperidine rings is 1. The minimum Gasteiger partial charge on any atom is -0.392 e. The summed E-state index contributed by atoms with van der Waals surface area (Å²) < 4.78 is 13.3. The van der Waals surface area contributed by atoms with Gasteiger partial charge in [0.1, 0.15) is 0 Å². The van der Waals surface area contributed by atoms with Crippen LogP contribution < -0.4 is 10.8 Å². The highest BCUT2D eigenvalue weighted by Gasteiger charge is 2.37. The molecule has 5 N–H and O–H groups in total. The number of hydrogen-bond acceptors (Lipinski definition) is 8. The zero-order chi connectivity index (χ0) is 38.6. The van der Waals surface area contributed by atoms with Crippen LogP contribution in [-0.4, -0.2) is 57.9 Å². The number of nitrogens with zero attached hydrogens (tertiary/aromatic N) is 1. The summed E-state index contributed by atoms with van der Waals surface area (Å²) in [7, 11) is 0. The van der Waals surface area contributed by atoms with Crippen molar-refractivity contribution in [2.24, 2.45) is 0 Å². The van der Waals surface area contributed by atoms with Crippen molar-refractivity contribution in [3.8, 4) is 11.1 Å². The average Bonchev–Trinajstić information content (AvgIpc) is 3.22. The Labute approximate surface area is 328 Å². The molecule has 10 nitrogen and oxygen atoms in total. The monoisotopic (exact) mass is 769 g/mol. The molecule has 0 bridgehead atoms. The van der Waals surface area contributed by atoms with Gasteiger partial charge in [0, 0.05) is 56.0 Å². The number of hydrogen-bond donors (Lipinski definition) is 5. The van der Waals surface area contributed by atoms with E-state index in [0.29, 0.717) is 50.2 Å². The summed E-state index contributed by atoms with van der Waals surface area (Å²) in [5.41, 5.74) is 7.51. The first kappa shape index (κ1) is 40.5. The fraction of sp³-hybridized carbons (Fsp3) is 0.409. The number of hydroxylamine groups is 1. The van der Waals surface area contributed by atoms with Crippen LogP contribution in [-0.2, 0) is 37.8 Å². The highest BCUT2D eigenvalue weighted by molar-refractivity contribution is 6.30. The highest BCUT2D eigenvalue weighted by Crippen LogP contribution is 2.40. The molecule has 55 heavy (non-hydrogen) atoms. The molecule has 4 aromatic carbocycles. The maximum atomic E-state index is 12.6. The van der Waals surface area contributed by atoms with Gasteiger partial charge in [0.2, 0.25) is 11.8 Å². The van der Waals surface area contributed by atoms with Crippen molar-refractivity contribution in [2.75, 3.05) is 19.6 Å². The smallest absolute Gasteiger partial charge is 0.243 e. The lowest BCUT2D eigenvalue weighted by molar-refractivity contribution is -0.253. The number of likely N-dealkylation sites (tertiary alicyclic amines) is 1. The van der Waals surface area contributed by atoms with E-state index in [1.807, 2.05) is 78.9 Å². The number of aliphatic hydroxyl groups excluding tert-OH is 1. The lowest BCUT2D eigenvalue weighted by Crippen LogP contribution is -2.46. The molecule has 0 radical (unpaired) electrons. The van der Waals surface area contributed by atoms with E-state index >= 15 is 0 Å². The molecular formula is C44H52ClN3O7. The predicted octanol–water partition coefficient (Wildman–Crippen LogP) is 7.49. The molecule has 6 rings (SSSR count). The van der Waals surface area contributed by atoms with Crippen LogP contribution in [0, 0.1) is 0 Å². The van der Waals surface area contributed by atoms with Crippen molar-refractivity contribution in [1.82, 2.24) is 15.7 Å². The normalized spacial score (nSPS) is 19.8. The Morgan fingerprint density at radius 1 is 0.800 bits per heavy atom. The van der Waals surface area contributed by atoms with Crippen LogP contribution in [0.2, 0.25) is 5.02 Å².